The highest BCUT2D eigenvalue weighted by Gasteiger charge is 2.11. The quantitative estimate of drug-likeness (QED) is 0.498. The molecule has 29 heavy (non-hydrogen) atoms. The van der Waals surface area contributed by atoms with Crippen molar-refractivity contribution in [2.24, 2.45) is 0 Å². The number of aromatic nitrogens is 4. The third kappa shape index (κ3) is 3.88. The van der Waals surface area contributed by atoms with Crippen LogP contribution < -0.4 is 5.32 Å². The van der Waals surface area contributed by atoms with Gasteiger partial charge in [-0.25, -0.2) is 9.97 Å². The summed E-state index contributed by atoms with van der Waals surface area (Å²) in [5, 5.41) is 3.48. The van der Waals surface area contributed by atoms with E-state index in [1.165, 1.54) is 6.08 Å². The third-order valence-electron chi connectivity index (χ3n) is 4.63. The Bertz CT molecular complexity index is 1210. The Labute approximate surface area is 172 Å². The average molecular weight is 404 g/mol. The van der Waals surface area contributed by atoms with Gasteiger partial charge >= 0.3 is 0 Å². The molecule has 0 fully saturated rings. The number of hydrogen-bond donors (Lipinski definition) is 1. The first kappa shape index (κ1) is 18.8. The molecule has 4 aromatic rings. The number of anilines is 1. The molecular formula is C22H18ClN5O. The second-order valence-corrected chi connectivity index (χ2v) is 7.00. The number of benzene rings is 2. The molecule has 144 valence electrons. The highest BCUT2D eigenvalue weighted by Crippen LogP contribution is 2.24. The van der Waals surface area contributed by atoms with Crippen LogP contribution in [0.15, 0.2) is 67.8 Å². The molecule has 1 amide bonds. The van der Waals surface area contributed by atoms with Gasteiger partial charge in [0.15, 0.2) is 5.82 Å². The molecule has 1 N–H and O–H groups in total. The van der Waals surface area contributed by atoms with E-state index in [1.54, 1.807) is 24.8 Å². The predicted molar refractivity (Wildman–Crippen MR) is 114 cm³/mol. The summed E-state index contributed by atoms with van der Waals surface area (Å²) in [6.45, 7) is 5.50. The van der Waals surface area contributed by atoms with Crippen molar-refractivity contribution < 1.29 is 4.79 Å². The Morgan fingerprint density at radius 3 is 2.93 bits per heavy atom. The fraction of sp³-hybridized carbons (Fsp3) is 0.0909. The maximum absolute atomic E-state index is 11.6. The van der Waals surface area contributed by atoms with Gasteiger partial charge in [-0.3, -0.25) is 14.3 Å². The van der Waals surface area contributed by atoms with Crippen LogP contribution in [0.25, 0.3) is 16.9 Å². The Morgan fingerprint density at radius 2 is 2.14 bits per heavy atom. The Balaban J connectivity index is 1.71. The molecule has 0 aliphatic heterocycles. The first-order valence-corrected chi connectivity index (χ1v) is 9.39. The molecule has 0 spiro atoms. The van der Waals surface area contributed by atoms with Gasteiger partial charge in [-0.2, -0.15) is 0 Å². The van der Waals surface area contributed by atoms with Gasteiger partial charge in [0.1, 0.15) is 6.33 Å². The molecule has 0 unspecified atom stereocenters. The van der Waals surface area contributed by atoms with Crippen molar-refractivity contribution in [1.29, 1.82) is 0 Å². The van der Waals surface area contributed by atoms with Crippen LogP contribution in [0.5, 0.6) is 0 Å². The number of hydrogen-bond acceptors (Lipinski definition) is 4. The Hall–Kier alpha value is -3.51. The van der Waals surface area contributed by atoms with Crippen LogP contribution in [0, 0.1) is 6.92 Å². The lowest BCUT2D eigenvalue weighted by atomic mass is 10.0. The number of halogens is 1. The summed E-state index contributed by atoms with van der Waals surface area (Å²) < 4.78 is 1.84. The first-order valence-electron chi connectivity index (χ1n) is 9.01. The van der Waals surface area contributed by atoms with Gasteiger partial charge < -0.3 is 5.32 Å². The molecule has 7 heteroatoms. The molecule has 2 heterocycles. The predicted octanol–water partition coefficient (Wildman–Crippen LogP) is 4.49. The summed E-state index contributed by atoms with van der Waals surface area (Å²) in [4.78, 5) is 25.1. The van der Waals surface area contributed by atoms with Gasteiger partial charge in [-0.1, -0.05) is 30.3 Å². The van der Waals surface area contributed by atoms with Gasteiger partial charge in [0.25, 0.3) is 0 Å². The lowest BCUT2D eigenvalue weighted by molar-refractivity contribution is -0.111. The molecule has 0 atom stereocenters. The van der Waals surface area contributed by atoms with E-state index < -0.39 is 0 Å². The van der Waals surface area contributed by atoms with Crippen molar-refractivity contribution in [2.75, 3.05) is 5.32 Å². The summed E-state index contributed by atoms with van der Waals surface area (Å²) in [5.74, 6) is 0.370. The molecule has 2 aromatic carbocycles. The highest BCUT2D eigenvalue weighted by atomic mass is 35.5. The number of carbonyl (C=O) groups is 1. The van der Waals surface area contributed by atoms with E-state index in [1.807, 2.05) is 41.8 Å². The zero-order chi connectivity index (χ0) is 20.4. The number of imidazole rings is 1. The molecule has 4 rings (SSSR count). The Kier molecular flexibility index (Phi) is 5.10. The summed E-state index contributed by atoms with van der Waals surface area (Å²) >= 11 is 6.36. The zero-order valence-electron chi connectivity index (χ0n) is 15.8. The largest absolute Gasteiger partial charge is 0.322 e. The minimum atomic E-state index is -0.271. The van der Waals surface area contributed by atoms with E-state index in [-0.39, 0.29) is 5.91 Å². The van der Waals surface area contributed by atoms with Gasteiger partial charge in [0, 0.05) is 23.3 Å². The van der Waals surface area contributed by atoms with Gasteiger partial charge in [0.2, 0.25) is 5.91 Å². The standard InChI is InChI=1S/C22H18ClN5O/c1-3-22(29)27-15-7-8-19-20(10-15)28(13-25-19)21-12-24-11-16(26-21)9-17-14(2)5-4-6-18(17)23/h3-8,10-13H,1,9H2,2H3,(H,27,29). The van der Waals surface area contributed by atoms with E-state index in [0.29, 0.717) is 22.9 Å². The van der Waals surface area contributed by atoms with Gasteiger partial charge in [-0.05, 0) is 48.4 Å². The monoisotopic (exact) mass is 403 g/mol. The van der Waals surface area contributed by atoms with Crippen molar-refractivity contribution in [3.05, 3.63) is 89.6 Å². The summed E-state index contributed by atoms with van der Waals surface area (Å²) in [6.07, 6.45) is 6.92. The van der Waals surface area contributed by atoms with Crippen LogP contribution in [-0.4, -0.2) is 25.4 Å². The number of amides is 1. The van der Waals surface area contributed by atoms with Crippen molar-refractivity contribution in [3.63, 3.8) is 0 Å². The van der Waals surface area contributed by atoms with Gasteiger partial charge in [0.05, 0.1) is 22.9 Å². The number of fused-ring (bicyclic) bond motifs is 1. The SMILES string of the molecule is C=CC(=O)Nc1ccc2ncn(-c3cncc(Cc4c(C)cccc4Cl)n3)c2c1. The van der Waals surface area contributed by atoms with Crippen LogP contribution >= 0.6 is 11.6 Å². The molecule has 2 aromatic heterocycles. The number of nitrogens with one attached hydrogen (secondary N) is 1. The second-order valence-electron chi connectivity index (χ2n) is 6.59. The number of carbonyl (C=O) groups excluding carboxylic acids is 1. The maximum Gasteiger partial charge on any atom is 0.247 e. The normalized spacial score (nSPS) is 10.8. The zero-order valence-corrected chi connectivity index (χ0v) is 16.5. The maximum atomic E-state index is 11.6. The lowest BCUT2D eigenvalue weighted by Crippen LogP contribution is -2.07. The Morgan fingerprint density at radius 1 is 1.28 bits per heavy atom. The first-order chi connectivity index (χ1) is 14.0. The van der Waals surface area contributed by atoms with Crippen LogP contribution in [0.4, 0.5) is 5.69 Å². The molecule has 0 saturated carbocycles. The number of aryl methyl sites for hydroxylation is 1. The minimum absolute atomic E-state index is 0.271. The summed E-state index contributed by atoms with van der Waals surface area (Å²) in [5.41, 5.74) is 5.20. The van der Waals surface area contributed by atoms with Crippen molar-refractivity contribution in [2.45, 2.75) is 13.3 Å². The fourth-order valence-electron chi connectivity index (χ4n) is 3.13. The third-order valence-corrected chi connectivity index (χ3v) is 4.98. The molecule has 0 radical (unpaired) electrons. The number of rotatable bonds is 5. The molecule has 6 nitrogen and oxygen atoms in total. The van der Waals surface area contributed by atoms with Crippen LogP contribution in [0.1, 0.15) is 16.8 Å². The average Bonchev–Trinajstić information content (AvgIpc) is 3.14. The minimum Gasteiger partial charge on any atom is -0.322 e. The lowest BCUT2D eigenvalue weighted by Gasteiger charge is -2.10. The topological polar surface area (TPSA) is 72.7 Å². The van der Waals surface area contributed by atoms with Crippen LogP contribution in [-0.2, 0) is 11.2 Å². The van der Waals surface area contributed by atoms with Crippen LogP contribution in [0.3, 0.4) is 0 Å². The van der Waals surface area contributed by atoms with E-state index in [2.05, 4.69) is 21.9 Å². The molecule has 0 aliphatic carbocycles. The second kappa shape index (κ2) is 7.85. The van der Waals surface area contributed by atoms with Gasteiger partial charge in [-0.15, -0.1) is 0 Å². The fourth-order valence-corrected chi connectivity index (χ4v) is 3.42. The van der Waals surface area contributed by atoms with Crippen LogP contribution in [0.2, 0.25) is 5.02 Å². The van der Waals surface area contributed by atoms with Crippen molar-refractivity contribution >= 4 is 34.2 Å². The smallest absolute Gasteiger partial charge is 0.247 e. The van der Waals surface area contributed by atoms with E-state index >= 15 is 0 Å². The molecule has 0 aliphatic rings. The van der Waals surface area contributed by atoms with E-state index in [4.69, 9.17) is 16.6 Å². The van der Waals surface area contributed by atoms with Crippen molar-refractivity contribution in [3.8, 4) is 5.82 Å². The molecule has 0 bridgehead atoms. The summed E-state index contributed by atoms with van der Waals surface area (Å²) in [6, 6.07) is 11.3. The van der Waals surface area contributed by atoms with E-state index in [9.17, 15) is 4.79 Å². The van der Waals surface area contributed by atoms with Crippen molar-refractivity contribution in [1.82, 2.24) is 19.5 Å². The molecule has 0 saturated heterocycles. The number of nitrogens with zero attached hydrogens (tertiary/aromatic N) is 4. The highest BCUT2D eigenvalue weighted by molar-refractivity contribution is 6.31. The summed E-state index contributed by atoms with van der Waals surface area (Å²) in [7, 11) is 0. The van der Waals surface area contributed by atoms with E-state index in [0.717, 1.165) is 27.9 Å². The molecular weight excluding hydrogens is 386 g/mol.